The predicted molar refractivity (Wildman–Crippen MR) is 102 cm³/mol. The van der Waals surface area contributed by atoms with Crippen LogP contribution < -0.4 is 4.90 Å². The van der Waals surface area contributed by atoms with Crippen LogP contribution in [0.25, 0.3) is 10.9 Å². The van der Waals surface area contributed by atoms with Crippen LogP contribution in [0.15, 0.2) is 54.7 Å². The number of rotatable bonds is 4. The van der Waals surface area contributed by atoms with Crippen molar-refractivity contribution in [2.75, 3.05) is 31.1 Å². The number of hydrogen-bond donors (Lipinski definition) is 1. The Hall–Kier alpha value is -2.66. The molecular formula is C21H22FN3O. The van der Waals surface area contributed by atoms with Crippen molar-refractivity contribution in [1.29, 1.82) is 0 Å². The molecule has 4 rings (SSSR count). The van der Waals surface area contributed by atoms with Gasteiger partial charge in [-0.2, -0.15) is 0 Å². The van der Waals surface area contributed by atoms with E-state index in [9.17, 15) is 9.18 Å². The van der Waals surface area contributed by atoms with Gasteiger partial charge in [-0.1, -0.05) is 30.3 Å². The number of fused-ring (bicyclic) bond motifs is 1. The number of H-pyrrole nitrogens is 1. The number of carbonyl (C=O) groups is 1. The second kappa shape index (κ2) is 6.92. The van der Waals surface area contributed by atoms with E-state index in [1.807, 2.05) is 43.3 Å². The molecule has 0 aliphatic carbocycles. The molecule has 1 aliphatic rings. The van der Waals surface area contributed by atoms with E-state index in [0.29, 0.717) is 18.8 Å². The first-order valence-corrected chi connectivity index (χ1v) is 8.99. The first kappa shape index (κ1) is 16.8. The average Bonchev–Trinajstić information content (AvgIpc) is 3.11. The van der Waals surface area contributed by atoms with Gasteiger partial charge >= 0.3 is 0 Å². The number of aromatic nitrogens is 1. The molecule has 3 aromatic rings. The molecule has 0 amide bonds. The Morgan fingerprint density at radius 1 is 1.04 bits per heavy atom. The van der Waals surface area contributed by atoms with Gasteiger partial charge in [0.1, 0.15) is 5.82 Å². The van der Waals surface area contributed by atoms with Gasteiger partial charge in [0.05, 0.1) is 11.7 Å². The van der Waals surface area contributed by atoms with Crippen LogP contribution in [-0.4, -0.2) is 47.9 Å². The topological polar surface area (TPSA) is 39.3 Å². The Balaban J connectivity index is 1.46. The monoisotopic (exact) mass is 351 g/mol. The number of carbonyl (C=O) groups excluding carboxylic acids is 1. The lowest BCUT2D eigenvalue weighted by molar-refractivity contribution is 0.0831. The molecule has 134 valence electrons. The van der Waals surface area contributed by atoms with E-state index in [1.54, 1.807) is 12.3 Å². The fourth-order valence-electron chi connectivity index (χ4n) is 3.72. The van der Waals surface area contributed by atoms with Gasteiger partial charge in [-0.15, -0.1) is 0 Å². The number of nitrogens with one attached hydrogen (secondary N) is 1. The van der Waals surface area contributed by atoms with Gasteiger partial charge in [-0.25, -0.2) is 4.39 Å². The lowest BCUT2D eigenvalue weighted by Crippen LogP contribution is -2.52. The number of piperazine rings is 1. The van der Waals surface area contributed by atoms with Crippen LogP contribution in [0.5, 0.6) is 0 Å². The summed E-state index contributed by atoms with van der Waals surface area (Å²) in [5.41, 5.74) is 2.36. The molecule has 0 bridgehead atoms. The molecule has 1 aliphatic heterocycles. The zero-order chi connectivity index (χ0) is 18.1. The Kier molecular flexibility index (Phi) is 4.47. The molecular weight excluding hydrogens is 329 g/mol. The van der Waals surface area contributed by atoms with Gasteiger partial charge in [-0.3, -0.25) is 9.69 Å². The molecule has 1 aromatic heterocycles. The number of Topliss-reactive ketones (excluding diaryl/α,β-unsaturated/α-hetero) is 1. The quantitative estimate of drug-likeness (QED) is 0.729. The smallest absolute Gasteiger partial charge is 0.181 e. The molecule has 5 heteroatoms. The van der Waals surface area contributed by atoms with Crippen LogP contribution >= 0.6 is 0 Å². The zero-order valence-corrected chi connectivity index (χ0v) is 14.8. The summed E-state index contributed by atoms with van der Waals surface area (Å²) in [6.07, 6.45) is 1.80. The van der Waals surface area contributed by atoms with E-state index in [0.717, 1.165) is 29.6 Å². The van der Waals surface area contributed by atoms with Crippen LogP contribution in [0.4, 0.5) is 10.1 Å². The van der Waals surface area contributed by atoms with Crippen molar-refractivity contribution in [3.63, 3.8) is 0 Å². The van der Waals surface area contributed by atoms with Gasteiger partial charge in [-0.05, 0) is 25.1 Å². The number of benzene rings is 2. The Morgan fingerprint density at radius 2 is 1.73 bits per heavy atom. The fourth-order valence-corrected chi connectivity index (χ4v) is 3.72. The summed E-state index contributed by atoms with van der Waals surface area (Å²) in [7, 11) is 0. The molecule has 1 N–H and O–H groups in total. The lowest BCUT2D eigenvalue weighted by atomic mass is 10.0. The molecule has 1 saturated heterocycles. The summed E-state index contributed by atoms with van der Waals surface area (Å²) in [6.45, 7) is 4.87. The summed E-state index contributed by atoms with van der Waals surface area (Å²) in [4.78, 5) is 20.4. The standard InChI is InChI=1S/C21H22FN3O/c1-15(21(26)17-14-23-19-8-4-2-6-16(17)19)24-10-12-25(13-11-24)20-9-5-3-7-18(20)22/h2-9,14-15,23H,10-13H2,1H3. The third-order valence-corrected chi connectivity index (χ3v) is 5.29. The highest BCUT2D eigenvalue weighted by Gasteiger charge is 2.28. The SMILES string of the molecule is CC(C(=O)c1c[nH]c2ccccc12)N1CCN(c2ccccc2F)CC1. The molecule has 26 heavy (non-hydrogen) atoms. The normalized spacial score (nSPS) is 16.8. The average molecular weight is 351 g/mol. The number of hydrogen-bond acceptors (Lipinski definition) is 3. The van der Waals surface area contributed by atoms with E-state index >= 15 is 0 Å². The molecule has 1 atom stereocenters. The van der Waals surface area contributed by atoms with Gasteiger partial charge in [0, 0.05) is 48.8 Å². The van der Waals surface area contributed by atoms with Crippen molar-refractivity contribution in [1.82, 2.24) is 9.88 Å². The highest BCUT2D eigenvalue weighted by atomic mass is 19.1. The van der Waals surface area contributed by atoms with Gasteiger partial charge in [0.15, 0.2) is 5.78 Å². The number of halogens is 1. The maximum absolute atomic E-state index is 14.0. The van der Waals surface area contributed by atoms with E-state index < -0.39 is 0 Å². The highest BCUT2D eigenvalue weighted by molar-refractivity contribution is 6.10. The van der Waals surface area contributed by atoms with Crippen molar-refractivity contribution < 1.29 is 9.18 Å². The van der Waals surface area contributed by atoms with E-state index in [-0.39, 0.29) is 17.6 Å². The minimum Gasteiger partial charge on any atom is -0.367 e. The maximum Gasteiger partial charge on any atom is 0.181 e. The van der Waals surface area contributed by atoms with Gasteiger partial charge < -0.3 is 9.88 Å². The molecule has 1 fully saturated rings. The summed E-state index contributed by atoms with van der Waals surface area (Å²) in [6, 6.07) is 14.5. The van der Waals surface area contributed by atoms with Crippen molar-refractivity contribution in [2.45, 2.75) is 13.0 Å². The van der Waals surface area contributed by atoms with E-state index in [2.05, 4.69) is 14.8 Å². The van der Waals surface area contributed by atoms with Crippen molar-refractivity contribution in [3.8, 4) is 0 Å². The summed E-state index contributed by atoms with van der Waals surface area (Å²) in [5, 5.41) is 0.967. The summed E-state index contributed by atoms with van der Waals surface area (Å²) < 4.78 is 14.0. The first-order chi connectivity index (χ1) is 12.6. The first-order valence-electron chi connectivity index (χ1n) is 8.99. The second-order valence-corrected chi connectivity index (χ2v) is 6.76. The van der Waals surface area contributed by atoms with Crippen LogP contribution in [-0.2, 0) is 0 Å². The van der Waals surface area contributed by atoms with Crippen molar-refractivity contribution in [3.05, 3.63) is 66.1 Å². The fraction of sp³-hybridized carbons (Fsp3) is 0.286. The number of nitrogens with zero attached hydrogens (tertiary/aromatic N) is 2. The van der Waals surface area contributed by atoms with Crippen LogP contribution in [0.3, 0.4) is 0 Å². The Bertz CT molecular complexity index is 928. The minimum atomic E-state index is -0.197. The van der Waals surface area contributed by atoms with Crippen molar-refractivity contribution >= 4 is 22.4 Å². The minimum absolute atomic E-state index is 0.127. The predicted octanol–water partition coefficient (Wildman–Crippen LogP) is 3.70. The van der Waals surface area contributed by atoms with E-state index in [1.165, 1.54) is 6.07 Å². The molecule has 0 radical (unpaired) electrons. The molecule has 4 nitrogen and oxygen atoms in total. The molecule has 2 aromatic carbocycles. The van der Waals surface area contributed by atoms with Crippen LogP contribution in [0, 0.1) is 5.82 Å². The molecule has 0 saturated carbocycles. The number of ketones is 1. The second-order valence-electron chi connectivity index (χ2n) is 6.76. The molecule has 2 heterocycles. The van der Waals surface area contributed by atoms with Crippen LogP contribution in [0.1, 0.15) is 17.3 Å². The highest BCUT2D eigenvalue weighted by Crippen LogP contribution is 2.23. The summed E-state index contributed by atoms with van der Waals surface area (Å²) in [5.74, 6) is -0.0642. The Morgan fingerprint density at radius 3 is 2.50 bits per heavy atom. The third-order valence-electron chi connectivity index (χ3n) is 5.29. The maximum atomic E-state index is 14.0. The zero-order valence-electron chi connectivity index (χ0n) is 14.8. The lowest BCUT2D eigenvalue weighted by Gasteiger charge is -2.38. The number of anilines is 1. The largest absolute Gasteiger partial charge is 0.367 e. The molecule has 0 spiro atoms. The Labute approximate surface area is 152 Å². The number of para-hydroxylation sites is 2. The van der Waals surface area contributed by atoms with Gasteiger partial charge in [0.2, 0.25) is 0 Å². The van der Waals surface area contributed by atoms with E-state index in [4.69, 9.17) is 0 Å². The van der Waals surface area contributed by atoms with Gasteiger partial charge in [0.25, 0.3) is 0 Å². The third kappa shape index (κ3) is 2.99. The summed E-state index contributed by atoms with van der Waals surface area (Å²) >= 11 is 0. The van der Waals surface area contributed by atoms with Crippen molar-refractivity contribution in [2.24, 2.45) is 0 Å². The number of aromatic amines is 1. The molecule has 1 unspecified atom stereocenters. The van der Waals surface area contributed by atoms with Crippen LogP contribution in [0.2, 0.25) is 0 Å².